The van der Waals surface area contributed by atoms with Gasteiger partial charge < -0.3 is 10.1 Å². The molecule has 2 rings (SSSR count). The van der Waals surface area contributed by atoms with Gasteiger partial charge in [-0.2, -0.15) is 0 Å². The molecule has 100 valence electrons. The zero-order valence-electron chi connectivity index (χ0n) is 11.2. The van der Waals surface area contributed by atoms with Gasteiger partial charge in [0.15, 0.2) is 0 Å². The van der Waals surface area contributed by atoms with Crippen molar-refractivity contribution in [1.29, 1.82) is 0 Å². The molecule has 0 radical (unpaired) electrons. The largest absolute Gasteiger partial charge is 0.497 e. The number of methoxy groups -OCH3 is 1. The first-order chi connectivity index (χ1) is 9.17. The van der Waals surface area contributed by atoms with Crippen LogP contribution >= 0.6 is 11.6 Å². The average molecular weight is 276 g/mol. The smallest absolute Gasteiger partial charge is 0.120 e. The molecule has 0 aliphatic heterocycles. The lowest BCUT2D eigenvalue weighted by Gasteiger charge is -2.16. The van der Waals surface area contributed by atoms with Crippen LogP contribution in [0.3, 0.4) is 0 Å². The van der Waals surface area contributed by atoms with Crippen LogP contribution in [0.4, 0.5) is 5.69 Å². The highest BCUT2D eigenvalue weighted by Gasteiger charge is 2.04. The number of nitrogens with one attached hydrogen (secondary N) is 1. The maximum absolute atomic E-state index is 5.88. The summed E-state index contributed by atoms with van der Waals surface area (Å²) in [6, 6.07) is 16.3. The van der Waals surface area contributed by atoms with E-state index < -0.39 is 0 Å². The number of rotatable bonds is 5. The van der Waals surface area contributed by atoms with Crippen molar-refractivity contribution in [2.24, 2.45) is 0 Å². The summed E-state index contributed by atoms with van der Waals surface area (Å²) in [6.45, 7) is 2.16. The highest BCUT2D eigenvalue weighted by molar-refractivity contribution is 6.30. The topological polar surface area (TPSA) is 21.3 Å². The van der Waals surface area contributed by atoms with Gasteiger partial charge in [0.2, 0.25) is 0 Å². The van der Waals surface area contributed by atoms with Crippen molar-refractivity contribution in [3.8, 4) is 5.75 Å². The van der Waals surface area contributed by atoms with E-state index >= 15 is 0 Å². The fourth-order valence-corrected chi connectivity index (χ4v) is 2.15. The predicted octanol–water partition coefficient (Wildman–Crippen LogP) is 4.39. The second kappa shape index (κ2) is 6.48. The molecule has 0 aliphatic rings. The van der Waals surface area contributed by atoms with E-state index in [1.807, 2.05) is 36.4 Å². The third-order valence-corrected chi connectivity index (χ3v) is 3.19. The van der Waals surface area contributed by atoms with E-state index in [4.69, 9.17) is 16.3 Å². The third-order valence-electron chi connectivity index (χ3n) is 2.94. The van der Waals surface area contributed by atoms with Crippen LogP contribution in [0.2, 0.25) is 5.02 Å². The van der Waals surface area contributed by atoms with Crippen molar-refractivity contribution in [3.63, 3.8) is 0 Å². The number of benzene rings is 2. The first-order valence-corrected chi connectivity index (χ1v) is 6.70. The monoisotopic (exact) mass is 275 g/mol. The van der Waals surface area contributed by atoms with Gasteiger partial charge >= 0.3 is 0 Å². The first kappa shape index (κ1) is 13.8. The molecule has 0 amide bonds. The molecule has 2 aromatic rings. The van der Waals surface area contributed by atoms with Crippen LogP contribution < -0.4 is 10.1 Å². The highest BCUT2D eigenvalue weighted by atomic mass is 35.5. The molecule has 1 atom stereocenters. The predicted molar refractivity (Wildman–Crippen MR) is 81.2 cm³/mol. The van der Waals surface area contributed by atoms with Crippen LogP contribution in [0.25, 0.3) is 0 Å². The zero-order chi connectivity index (χ0) is 13.7. The summed E-state index contributed by atoms with van der Waals surface area (Å²) in [4.78, 5) is 0. The molecule has 0 saturated heterocycles. The second-order valence-electron chi connectivity index (χ2n) is 4.61. The van der Waals surface area contributed by atoms with Crippen LogP contribution in [-0.2, 0) is 6.42 Å². The normalized spacial score (nSPS) is 11.9. The number of ether oxygens (including phenoxy) is 1. The fourth-order valence-electron chi connectivity index (χ4n) is 2.02. The van der Waals surface area contributed by atoms with E-state index in [-0.39, 0.29) is 0 Å². The fraction of sp³-hybridized carbons (Fsp3) is 0.250. The quantitative estimate of drug-likeness (QED) is 0.874. The average Bonchev–Trinajstić information content (AvgIpc) is 2.41. The minimum absolute atomic E-state index is 0.341. The molecule has 0 spiro atoms. The van der Waals surface area contributed by atoms with E-state index in [1.165, 1.54) is 5.56 Å². The van der Waals surface area contributed by atoms with E-state index in [1.54, 1.807) is 7.11 Å². The molecule has 2 aromatic carbocycles. The minimum Gasteiger partial charge on any atom is -0.497 e. The summed E-state index contributed by atoms with van der Waals surface area (Å²) < 4.78 is 5.21. The Labute approximate surface area is 119 Å². The van der Waals surface area contributed by atoms with Crippen molar-refractivity contribution in [2.75, 3.05) is 12.4 Å². The van der Waals surface area contributed by atoms with Crippen LogP contribution in [0.1, 0.15) is 12.5 Å². The summed E-state index contributed by atoms with van der Waals surface area (Å²) in [5.74, 6) is 0.865. The molecule has 0 fully saturated rings. The van der Waals surface area contributed by atoms with Crippen molar-refractivity contribution in [1.82, 2.24) is 0 Å². The maximum Gasteiger partial charge on any atom is 0.120 e. The lowest BCUT2D eigenvalue weighted by Crippen LogP contribution is -2.17. The van der Waals surface area contributed by atoms with Crippen molar-refractivity contribution in [2.45, 2.75) is 19.4 Å². The SMILES string of the molecule is COc1cccc(NC(C)Cc2ccc(Cl)cc2)c1. The molecule has 0 aromatic heterocycles. The van der Waals surface area contributed by atoms with Gasteiger partial charge in [0.05, 0.1) is 7.11 Å². The van der Waals surface area contributed by atoms with Gasteiger partial charge in [0.25, 0.3) is 0 Å². The van der Waals surface area contributed by atoms with Gasteiger partial charge in [0.1, 0.15) is 5.75 Å². The molecule has 19 heavy (non-hydrogen) atoms. The summed E-state index contributed by atoms with van der Waals surface area (Å²) in [6.07, 6.45) is 0.953. The minimum atomic E-state index is 0.341. The lowest BCUT2D eigenvalue weighted by molar-refractivity contribution is 0.415. The van der Waals surface area contributed by atoms with E-state index in [0.29, 0.717) is 6.04 Å². The van der Waals surface area contributed by atoms with Crippen molar-refractivity contribution < 1.29 is 4.74 Å². The molecular formula is C16H18ClNO. The Kier molecular flexibility index (Phi) is 4.69. The molecule has 1 N–H and O–H groups in total. The number of hydrogen-bond donors (Lipinski definition) is 1. The Bertz CT molecular complexity index is 525. The van der Waals surface area contributed by atoms with E-state index in [0.717, 1.165) is 22.9 Å². The summed E-state index contributed by atoms with van der Waals surface area (Å²) in [5.41, 5.74) is 2.34. The highest BCUT2D eigenvalue weighted by Crippen LogP contribution is 2.18. The molecule has 0 aliphatic carbocycles. The van der Waals surface area contributed by atoms with Crippen molar-refractivity contribution >= 4 is 17.3 Å². The van der Waals surface area contributed by atoms with Crippen LogP contribution in [-0.4, -0.2) is 13.2 Å². The molecule has 2 nitrogen and oxygen atoms in total. The second-order valence-corrected chi connectivity index (χ2v) is 5.04. The Morgan fingerprint density at radius 2 is 1.89 bits per heavy atom. The Balaban J connectivity index is 1.96. The summed E-state index contributed by atoms with van der Waals surface area (Å²) in [7, 11) is 1.68. The number of anilines is 1. The van der Waals surface area contributed by atoms with Gasteiger partial charge in [-0.15, -0.1) is 0 Å². The Morgan fingerprint density at radius 3 is 2.58 bits per heavy atom. The zero-order valence-corrected chi connectivity index (χ0v) is 11.9. The maximum atomic E-state index is 5.88. The standard InChI is InChI=1S/C16H18ClNO/c1-12(10-13-6-8-14(17)9-7-13)18-15-4-3-5-16(11-15)19-2/h3-9,11-12,18H,10H2,1-2H3. The van der Waals surface area contributed by atoms with E-state index in [9.17, 15) is 0 Å². The van der Waals surface area contributed by atoms with Crippen molar-refractivity contribution in [3.05, 3.63) is 59.1 Å². The third kappa shape index (κ3) is 4.18. The van der Waals surface area contributed by atoms with Gasteiger partial charge in [-0.1, -0.05) is 29.8 Å². The van der Waals surface area contributed by atoms with Gasteiger partial charge in [-0.25, -0.2) is 0 Å². The first-order valence-electron chi connectivity index (χ1n) is 6.32. The van der Waals surface area contributed by atoms with Crippen LogP contribution in [0.5, 0.6) is 5.75 Å². The number of halogens is 1. The molecule has 1 unspecified atom stereocenters. The summed E-state index contributed by atoms with van der Waals surface area (Å²) in [5, 5.41) is 4.24. The Morgan fingerprint density at radius 1 is 1.16 bits per heavy atom. The lowest BCUT2D eigenvalue weighted by atomic mass is 10.1. The van der Waals surface area contributed by atoms with E-state index in [2.05, 4.69) is 24.4 Å². The Hall–Kier alpha value is -1.67. The summed E-state index contributed by atoms with van der Waals surface area (Å²) >= 11 is 5.88. The molecule has 0 saturated carbocycles. The van der Waals surface area contributed by atoms with Gasteiger partial charge in [-0.3, -0.25) is 0 Å². The molecule has 0 bridgehead atoms. The van der Waals surface area contributed by atoms with Gasteiger partial charge in [0, 0.05) is 22.8 Å². The van der Waals surface area contributed by atoms with Gasteiger partial charge in [-0.05, 0) is 43.2 Å². The molecular weight excluding hydrogens is 258 g/mol. The number of hydrogen-bond acceptors (Lipinski definition) is 2. The van der Waals surface area contributed by atoms with Crippen LogP contribution in [0.15, 0.2) is 48.5 Å². The van der Waals surface area contributed by atoms with Crippen LogP contribution in [0, 0.1) is 0 Å². The molecule has 3 heteroatoms. The molecule has 0 heterocycles.